The average Bonchev–Trinajstić information content (AvgIpc) is 2.84. The second kappa shape index (κ2) is 7.00. The summed E-state index contributed by atoms with van der Waals surface area (Å²) in [5.41, 5.74) is 1.00. The van der Waals surface area contributed by atoms with Gasteiger partial charge in [0.2, 0.25) is 0 Å². The molecule has 1 fully saturated rings. The topological polar surface area (TPSA) is 75.7 Å². The Morgan fingerprint density at radius 2 is 2.05 bits per heavy atom. The number of carbonyl (C=O) groups is 1. The van der Waals surface area contributed by atoms with Crippen molar-refractivity contribution in [3.8, 4) is 5.75 Å². The molecule has 1 aromatic carbocycles. The Balaban J connectivity index is 1.79. The lowest BCUT2D eigenvalue weighted by molar-refractivity contribution is 0.205. The summed E-state index contributed by atoms with van der Waals surface area (Å²) in [5.74, 6) is 1.21. The van der Waals surface area contributed by atoms with Crippen LogP contribution in [-0.4, -0.2) is 51.6 Å². The van der Waals surface area contributed by atoms with E-state index in [4.69, 9.17) is 4.74 Å². The van der Waals surface area contributed by atoms with Gasteiger partial charge in [0, 0.05) is 20.1 Å². The highest BCUT2D eigenvalue weighted by Crippen LogP contribution is 2.17. The predicted octanol–water partition coefficient (Wildman–Crippen LogP) is 1.27. The van der Waals surface area contributed by atoms with Crippen molar-refractivity contribution in [2.75, 3.05) is 32.2 Å². The van der Waals surface area contributed by atoms with E-state index in [9.17, 15) is 13.2 Å². The number of benzene rings is 1. The van der Waals surface area contributed by atoms with Crippen LogP contribution in [0.15, 0.2) is 24.3 Å². The molecule has 1 heterocycles. The molecule has 0 bridgehead atoms. The fraction of sp³-hybridized carbons (Fsp3) is 0.533. The van der Waals surface area contributed by atoms with Crippen molar-refractivity contribution in [2.24, 2.45) is 5.92 Å². The third kappa shape index (κ3) is 4.62. The Morgan fingerprint density at radius 3 is 2.59 bits per heavy atom. The van der Waals surface area contributed by atoms with Crippen molar-refractivity contribution in [1.82, 2.24) is 10.2 Å². The number of hydrogen-bond donors (Lipinski definition) is 1. The van der Waals surface area contributed by atoms with E-state index in [1.165, 1.54) is 0 Å². The van der Waals surface area contributed by atoms with Crippen LogP contribution in [0.3, 0.4) is 0 Å². The van der Waals surface area contributed by atoms with Gasteiger partial charge in [-0.3, -0.25) is 0 Å². The molecule has 2 amide bonds. The van der Waals surface area contributed by atoms with Crippen LogP contribution in [0.25, 0.3) is 0 Å². The zero-order chi connectivity index (χ0) is 16.2. The Labute approximate surface area is 131 Å². The molecule has 22 heavy (non-hydrogen) atoms. The number of carbonyl (C=O) groups excluding carboxylic acids is 1. The SMILES string of the molecule is COc1ccc(CN(C)C(=O)NCC2CCS(=O)(=O)C2)cc1. The first kappa shape index (κ1) is 16.6. The quantitative estimate of drug-likeness (QED) is 0.884. The van der Waals surface area contributed by atoms with E-state index in [1.807, 2.05) is 24.3 Å². The third-order valence-corrected chi connectivity index (χ3v) is 5.63. The van der Waals surface area contributed by atoms with E-state index in [2.05, 4.69) is 5.32 Å². The minimum Gasteiger partial charge on any atom is -0.497 e. The average molecular weight is 326 g/mol. The van der Waals surface area contributed by atoms with Crippen LogP contribution in [-0.2, 0) is 16.4 Å². The highest BCUT2D eigenvalue weighted by Gasteiger charge is 2.28. The molecule has 1 aliphatic heterocycles. The molecule has 122 valence electrons. The van der Waals surface area contributed by atoms with E-state index < -0.39 is 9.84 Å². The Kier molecular flexibility index (Phi) is 5.28. The minimum absolute atomic E-state index is 0.0309. The lowest BCUT2D eigenvalue weighted by Crippen LogP contribution is -2.39. The van der Waals surface area contributed by atoms with Gasteiger partial charge in [0.1, 0.15) is 5.75 Å². The molecule has 6 nitrogen and oxygen atoms in total. The van der Waals surface area contributed by atoms with Crippen LogP contribution in [0.2, 0.25) is 0 Å². The maximum Gasteiger partial charge on any atom is 0.317 e. The highest BCUT2D eigenvalue weighted by atomic mass is 32.2. The fourth-order valence-electron chi connectivity index (χ4n) is 2.48. The number of nitrogens with one attached hydrogen (secondary N) is 1. The Morgan fingerprint density at radius 1 is 1.36 bits per heavy atom. The number of sulfone groups is 1. The summed E-state index contributed by atoms with van der Waals surface area (Å²) >= 11 is 0. The number of urea groups is 1. The first-order valence-corrected chi connectivity index (χ1v) is 9.04. The monoisotopic (exact) mass is 326 g/mol. The van der Waals surface area contributed by atoms with E-state index in [-0.39, 0.29) is 23.5 Å². The van der Waals surface area contributed by atoms with Crippen LogP contribution >= 0.6 is 0 Å². The number of rotatable bonds is 5. The van der Waals surface area contributed by atoms with Crippen molar-refractivity contribution in [3.05, 3.63) is 29.8 Å². The maximum absolute atomic E-state index is 12.0. The summed E-state index contributed by atoms with van der Waals surface area (Å²) in [7, 11) is 0.427. The molecule has 1 aromatic rings. The third-order valence-electron chi connectivity index (χ3n) is 3.79. The fourth-order valence-corrected chi connectivity index (χ4v) is 4.34. The van der Waals surface area contributed by atoms with Gasteiger partial charge < -0.3 is 15.0 Å². The summed E-state index contributed by atoms with van der Waals surface area (Å²) in [6.45, 7) is 0.893. The number of amides is 2. The number of nitrogens with zero attached hydrogens (tertiary/aromatic N) is 1. The van der Waals surface area contributed by atoms with Crippen molar-refractivity contribution in [3.63, 3.8) is 0 Å². The van der Waals surface area contributed by atoms with Gasteiger partial charge in [0.05, 0.1) is 18.6 Å². The molecular formula is C15H22N2O4S. The molecule has 0 aliphatic carbocycles. The van der Waals surface area contributed by atoms with Gasteiger partial charge in [-0.2, -0.15) is 0 Å². The van der Waals surface area contributed by atoms with E-state index in [0.717, 1.165) is 11.3 Å². The largest absolute Gasteiger partial charge is 0.497 e. The number of methoxy groups -OCH3 is 1. The first-order chi connectivity index (χ1) is 10.4. The maximum atomic E-state index is 12.0. The van der Waals surface area contributed by atoms with Gasteiger partial charge in [0.15, 0.2) is 9.84 Å². The smallest absolute Gasteiger partial charge is 0.317 e. The predicted molar refractivity (Wildman–Crippen MR) is 84.6 cm³/mol. The lowest BCUT2D eigenvalue weighted by atomic mass is 10.1. The molecule has 1 aliphatic rings. The van der Waals surface area contributed by atoms with Crippen LogP contribution in [0, 0.1) is 5.92 Å². The second-order valence-electron chi connectivity index (χ2n) is 5.66. The van der Waals surface area contributed by atoms with E-state index in [0.29, 0.717) is 19.5 Å². The van der Waals surface area contributed by atoms with Gasteiger partial charge in [-0.05, 0) is 30.0 Å². The Hall–Kier alpha value is -1.76. The molecule has 0 saturated carbocycles. The van der Waals surface area contributed by atoms with E-state index in [1.54, 1.807) is 19.1 Å². The summed E-state index contributed by atoms with van der Waals surface area (Å²) in [6.07, 6.45) is 0.630. The zero-order valence-corrected chi connectivity index (χ0v) is 13.7. The zero-order valence-electron chi connectivity index (χ0n) is 12.9. The second-order valence-corrected chi connectivity index (χ2v) is 7.89. The van der Waals surface area contributed by atoms with E-state index >= 15 is 0 Å². The van der Waals surface area contributed by atoms with Gasteiger partial charge in [0.25, 0.3) is 0 Å². The summed E-state index contributed by atoms with van der Waals surface area (Å²) in [4.78, 5) is 13.6. The molecule has 0 spiro atoms. The first-order valence-electron chi connectivity index (χ1n) is 7.22. The summed E-state index contributed by atoms with van der Waals surface area (Å²) in [6, 6.07) is 7.33. The number of hydrogen-bond acceptors (Lipinski definition) is 4. The molecular weight excluding hydrogens is 304 g/mol. The standard InChI is InChI=1S/C15H22N2O4S/c1-17(10-12-3-5-14(21-2)6-4-12)15(18)16-9-13-7-8-22(19,20)11-13/h3-6,13H,7-11H2,1-2H3,(H,16,18). The van der Waals surface area contributed by atoms with Gasteiger partial charge >= 0.3 is 6.03 Å². The molecule has 7 heteroatoms. The van der Waals surface area contributed by atoms with Crippen molar-refractivity contribution < 1.29 is 17.9 Å². The lowest BCUT2D eigenvalue weighted by Gasteiger charge is -2.19. The Bertz CT molecular complexity index is 613. The van der Waals surface area contributed by atoms with Crippen molar-refractivity contribution in [1.29, 1.82) is 0 Å². The minimum atomic E-state index is -2.90. The highest BCUT2D eigenvalue weighted by molar-refractivity contribution is 7.91. The molecule has 0 radical (unpaired) electrons. The molecule has 1 saturated heterocycles. The van der Waals surface area contributed by atoms with Gasteiger partial charge in [-0.15, -0.1) is 0 Å². The normalized spacial score (nSPS) is 19.6. The molecule has 2 rings (SSSR count). The van der Waals surface area contributed by atoms with Crippen LogP contribution in [0.5, 0.6) is 5.75 Å². The number of ether oxygens (including phenoxy) is 1. The molecule has 1 unspecified atom stereocenters. The molecule has 1 N–H and O–H groups in total. The van der Waals surface area contributed by atoms with Crippen molar-refractivity contribution >= 4 is 15.9 Å². The van der Waals surface area contributed by atoms with Gasteiger partial charge in [-0.25, -0.2) is 13.2 Å². The van der Waals surface area contributed by atoms with Crippen LogP contribution < -0.4 is 10.1 Å². The van der Waals surface area contributed by atoms with Crippen LogP contribution in [0.1, 0.15) is 12.0 Å². The molecule has 1 atom stereocenters. The molecule has 0 aromatic heterocycles. The summed E-state index contributed by atoms with van der Waals surface area (Å²) in [5, 5.41) is 2.80. The van der Waals surface area contributed by atoms with Gasteiger partial charge in [-0.1, -0.05) is 12.1 Å². The van der Waals surface area contributed by atoms with Crippen molar-refractivity contribution in [2.45, 2.75) is 13.0 Å². The summed E-state index contributed by atoms with van der Waals surface area (Å²) < 4.78 is 27.9. The van der Waals surface area contributed by atoms with Crippen LogP contribution in [0.4, 0.5) is 4.79 Å².